The first-order valence-corrected chi connectivity index (χ1v) is 7.82. The van der Waals surface area contributed by atoms with Gasteiger partial charge in [0.1, 0.15) is 5.75 Å². The molecule has 0 saturated heterocycles. The van der Waals surface area contributed by atoms with Crippen LogP contribution in [0.2, 0.25) is 0 Å². The summed E-state index contributed by atoms with van der Waals surface area (Å²) in [5, 5.41) is 18.1. The van der Waals surface area contributed by atoms with Gasteiger partial charge in [-0.05, 0) is 43.3 Å². The zero-order valence-corrected chi connectivity index (χ0v) is 14.4. The molecule has 2 aromatic carbocycles. The maximum absolute atomic E-state index is 12.2. The normalized spacial score (nSPS) is 11.8. The topological polar surface area (TPSA) is 97.5 Å². The van der Waals surface area contributed by atoms with Crippen molar-refractivity contribution < 1.29 is 24.2 Å². The van der Waals surface area contributed by atoms with Gasteiger partial charge in [-0.2, -0.15) is 5.11 Å². The Hall–Kier alpha value is -3.48. The van der Waals surface area contributed by atoms with Crippen molar-refractivity contribution in [2.45, 2.75) is 6.92 Å². The highest BCUT2D eigenvalue weighted by Gasteiger charge is 2.25. The van der Waals surface area contributed by atoms with Crippen molar-refractivity contribution in [2.24, 2.45) is 10.2 Å². The van der Waals surface area contributed by atoms with Crippen molar-refractivity contribution in [2.75, 3.05) is 13.7 Å². The smallest absolute Gasteiger partial charge is 0.381 e. The monoisotopic (exact) mass is 354 g/mol. The summed E-state index contributed by atoms with van der Waals surface area (Å²) in [7, 11) is 1.07. The number of nitrogens with zero attached hydrogens (tertiary/aromatic N) is 2. The van der Waals surface area contributed by atoms with E-state index in [1.807, 2.05) is 6.92 Å². The van der Waals surface area contributed by atoms with Gasteiger partial charge in [0.15, 0.2) is 11.5 Å². The lowest BCUT2D eigenvalue weighted by Crippen LogP contribution is -2.18. The zero-order valence-electron chi connectivity index (χ0n) is 14.4. The summed E-state index contributed by atoms with van der Waals surface area (Å²) in [6.45, 7) is 2.35. The molecular weight excluding hydrogens is 336 g/mol. The third-order valence-corrected chi connectivity index (χ3v) is 3.27. The highest BCUT2D eigenvalue weighted by atomic mass is 16.5. The average Bonchev–Trinajstić information content (AvgIpc) is 2.68. The first kappa shape index (κ1) is 18.9. The Labute approximate surface area is 150 Å². The predicted molar refractivity (Wildman–Crippen MR) is 95.1 cm³/mol. The van der Waals surface area contributed by atoms with Crippen LogP contribution in [-0.2, 0) is 14.3 Å². The number of ketones is 1. The number of carbonyl (C=O) groups is 2. The van der Waals surface area contributed by atoms with Gasteiger partial charge >= 0.3 is 5.97 Å². The van der Waals surface area contributed by atoms with Gasteiger partial charge in [-0.15, -0.1) is 5.11 Å². The lowest BCUT2D eigenvalue weighted by Gasteiger charge is -2.07. The second-order valence-corrected chi connectivity index (χ2v) is 5.01. The van der Waals surface area contributed by atoms with Gasteiger partial charge in [0.05, 0.1) is 19.4 Å². The van der Waals surface area contributed by atoms with Crippen LogP contribution in [0.1, 0.15) is 12.5 Å². The number of aliphatic hydroxyl groups excluding tert-OH is 1. The van der Waals surface area contributed by atoms with E-state index in [9.17, 15) is 14.7 Å². The number of azo groups is 1. The maximum Gasteiger partial charge on any atom is 0.381 e. The summed E-state index contributed by atoms with van der Waals surface area (Å²) in [5.41, 5.74) is 0.236. The van der Waals surface area contributed by atoms with Gasteiger partial charge in [0.2, 0.25) is 0 Å². The molecule has 2 rings (SSSR count). The molecule has 2 aromatic rings. The number of methoxy groups -OCH3 is 1. The van der Waals surface area contributed by atoms with Gasteiger partial charge in [-0.3, -0.25) is 4.79 Å². The lowest BCUT2D eigenvalue weighted by atomic mass is 10.1. The molecule has 0 fully saturated rings. The van der Waals surface area contributed by atoms with Crippen LogP contribution in [0.3, 0.4) is 0 Å². The number of carbonyl (C=O) groups excluding carboxylic acids is 2. The highest BCUT2D eigenvalue weighted by molar-refractivity contribution is 6.41. The van der Waals surface area contributed by atoms with Gasteiger partial charge in [-0.25, -0.2) is 4.79 Å². The minimum absolute atomic E-state index is 0.285. The third-order valence-electron chi connectivity index (χ3n) is 3.27. The molecule has 0 saturated carbocycles. The van der Waals surface area contributed by atoms with Crippen LogP contribution in [0, 0.1) is 0 Å². The Morgan fingerprint density at radius 2 is 1.69 bits per heavy atom. The van der Waals surface area contributed by atoms with Crippen LogP contribution in [-0.4, -0.2) is 30.6 Å². The first-order chi connectivity index (χ1) is 12.6. The van der Waals surface area contributed by atoms with Crippen molar-refractivity contribution in [3.8, 4) is 5.75 Å². The van der Waals surface area contributed by atoms with Gasteiger partial charge in [-0.1, -0.05) is 18.2 Å². The molecule has 0 aliphatic carbocycles. The molecule has 0 radical (unpaired) electrons. The molecule has 0 atom stereocenters. The Kier molecular flexibility index (Phi) is 6.61. The SMILES string of the molecule is CCOc1ccc(C(O)=C(N=Nc2ccccc2)C(=O)C(=O)OC)cc1. The Balaban J connectivity index is 2.43. The average molecular weight is 354 g/mol. The van der Waals surface area contributed by atoms with E-state index in [2.05, 4.69) is 15.0 Å². The fourth-order valence-corrected chi connectivity index (χ4v) is 2.00. The van der Waals surface area contributed by atoms with Crippen LogP contribution >= 0.6 is 0 Å². The van der Waals surface area contributed by atoms with E-state index in [1.165, 1.54) is 0 Å². The molecule has 0 aliphatic heterocycles. The fourth-order valence-electron chi connectivity index (χ4n) is 2.00. The minimum Gasteiger partial charge on any atom is -0.505 e. The van der Waals surface area contributed by atoms with E-state index >= 15 is 0 Å². The summed E-state index contributed by atoms with van der Waals surface area (Å²) >= 11 is 0. The van der Waals surface area contributed by atoms with Crippen LogP contribution < -0.4 is 4.74 Å². The van der Waals surface area contributed by atoms with Gasteiger partial charge in [0, 0.05) is 5.56 Å². The highest BCUT2D eigenvalue weighted by Crippen LogP contribution is 2.23. The van der Waals surface area contributed by atoms with Crippen LogP contribution in [0.15, 0.2) is 70.5 Å². The van der Waals surface area contributed by atoms with Crippen molar-refractivity contribution in [1.82, 2.24) is 0 Å². The summed E-state index contributed by atoms with van der Waals surface area (Å²) in [6.07, 6.45) is 0. The Morgan fingerprint density at radius 3 is 2.27 bits per heavy atom. The zero-order chi connectivity index (χ0) is 18.9. The summed E-state index contributed by atoms with van der Waals surface area (Å²) < 4.78 is 9.76. The molecule has 1 N–H and O–H groups in total. The Bertz CT molecular complexity index is 827. The molecule has 7 nitrogen and oxygen atoms in total. The molecule has 0 unspecified atom stereocenters. The molecule has 26 heavy (non-hydrogen) atoms. The standard InChI is InChI=1S/C19H18N2O5/c1-3-26-15-11-9-13(10-12-15)17(22)16(18(23)19(24)25-2)21-20-14-7-5-4-6-8-14/h4-12,22H,3H2,1-2H3. The quantitative estimate of drug-likeness (QED) is 0.268. The summed E-state index contributed by atoms with van der Waals surface area (Å²) in [4.78, 5) is 23.8. The van der Waals surface area contributed by atoms with E-state index in [0.29, 0.717) is 18.0 Å². The van der Waals surface area contributed by atoms with Gasteiger partial charge < -0.3 is 14.6 Å². The van der Waals surface area contributed by atoms with Crippen molar-refractivity contribution in [3.05, 3.63) is 65.9 Å². The number of rotatable bonds is 7. The van der Waals surface area contributed by atoms with E-state index in [0.717, 1.165) is 7.11 Å². The third kappa shape index (κ3) is 4.76. The number of esters is 1. The van der Waals surface area contributed by atoms with Crippen molar-refractivity contribution >= 4 is 23.2 Å². The summed E-state index contributed by atoms with van der Waals surface area (Å²) in [5.74, 6) is -2.12. The van der Waals surface area contributed by atoms with Crippen LogP contribution in [0.5, 0.6) is 5.75 Å². The number of hydrogen-bond donors (Lipinski definition) is 1. The molecule has 0 amide bonds. The molecule has 0 bridgehead atoms. The number of benzene rings is 2. The fraction of sp³-hybridized carbons (Fsp3) is 0.158. The lowest BCUT2D eigenvalue weighted by molar-refractivity contribution is -0.149. The minimum atomic E-state index is -1.15. The van der Waals surface area contributed by atoms with E-state index in [-0.39, 0.29) is 5.56 Å². The molecule has 0 spiro atoms. The van der Waals surface area contributed by atoms with Gasteiger partial charge in [0.25, 0.3) is 5.78 Å². The number of aliphatic hydroxyl groups is 1. The maximum atomic E-state index is 12.2. The summed E-state index contributed by atoms with van der Waals surface area (Å²) in [6, 6.07) is 15.0. The molecule has 7 heteroatoms. The largest absolute Gasteiger partial charge is 0.505 e. The molecular formula is C19H18N2O5. The molecule has 0 aromatic heterocycles. The second kappa shape index (κ2) is 9.12. The molecule has 0 heterocycles. The second-order valence-electron chi connectivity index (χ2n) is 5.01. The first-order valence-electron chi connectivity index (χ1n) is 7.82. The van der Waals surface area contributed by atoms with Crippen molar-refractivity contribution in [3.63, 3.8) is 0 Å². The Morgan fingerprint density at radius 1 is 1.04 bits per heavy atom. The number of Topliss-reactive ketones (excluding diaryl/α,β-unsaturated/α-hetero) is 1. The van der Waals surface area contributed by atoms with Crippen LogP contribution in [0.4, 0.5) is 5.69 Å². The van der Waals surface area contributed by atoms with Crippen molar-refractivity contribution in [1.29, 1.82) is 0 Å². The van der Waals surface area contributed by atoms with E-state index in [1.54, 1.807) is 54.6 Å². The predicted octanol–water partition coefficient (Wildman–Crippen LogP) is 3.84. The van der Waals surface area contributed by atoms with E-state index in [4.69, 9.17) is 4.74 Å². The molecule has 134 valence electrons. The van der Waals surface area contributed by atoms with Crippen LogP contribution in [0.25, 0.3) is 5.76 Å². The van der Waals surface area contributed by atoms with E-state index < -0.39 is 23.2 Å². The number of ether oxygens (including phenoxy) is 2. The number of hydrogen-bond acceptors (Lipinski definition) is 7. The molecule has 0 aliphatic rings.